The van der Waals surface area contributed by atoms with Crippen molar-refractivity contribution >= 4 is 28.8 Å². The number of piperazine rings is 1. The van der Waals surface area contributed by atoms with Gasteiger partial charge in [-0.15, -0.1) is 11.3 Å². The molecule has 2 aromatic heterocycles. The molecule has 0 spiro atoms. The first-order valence-electron chi connectivity index (χ1n) is 8.81. The number of pyridine rings is 1. The molecule has 0 saturated carbocycles. The molecule has 0 atom stereocenters. The summed E-state index contributed by atoms with van der Waals surface area (Å²) in [5.74, 6) is 0.0569. The van der Waals surface area contributed by atoms with Gasteiger partial charge in [0.05, 0.1) is 11.3 Å². The molecule has 4 rings (SSSR count). The van der Waals surface area contributed by atoms with Crippen LogP contribution in [0.4, 0.5) is 0 Å². The SMILES string of the molecule is O=C(c1cccnc1)N1CCN(Cc2csc(-c3ccc(Cl)cc3)n2)CC1. The Balaban J connectivity index is 1.33. The average Bonchev–Trinajstić information content (AvgIpc) is 3.18. The van der Waals surface area contributed by atoms with E-state index < -0.39 is 0 Å². The highest BCUT2D eigenvalue weighted by Gasteiger charge is 2.22. The first-order valence-corrected chi connectivity index (χ1v) is 10.1. The Hall–Kier alpha value is -2.28. The van der Waals surface area contributed by atoms with E-state index in [1.165, 1.54) is 0 Å². The maximum atomic E-state index is 12.5. The highest BCUT2D eigenvalue weighted by molar-refractivity contribution is 7.13. The van der Waals surface area contributed by atoms with Crippen LogP contribution >= 0.6 is 22.9 Å². The van der Waals surface area contributed by atoms with Gasteiger partial charge in [-0.25, -0.2) is 4.98 Å². The highest BCUT2D eigenvalue weighted by Crippen LogP contribution is 2.25. The molecule has 138 valence electrons. The molecule has 5 nitrogen and oxygen atoms in total. The van der Waals surface area contributed by atoms with Crippen LogP contribution in [0.25, 0.3) is 10.6 Å². The Labute approximate surface area is 167 Å². The lowest BCUT2D eigenvalue weighted by Crippen LogP contribution is -2.48. The summed E-state index contributed by atoms with van der Waals surface area (Å²) in [6.45, 7) is 3.95. The average molecular weight is 399 g/mol. The van der Waals surface area contributed by atoms with Crippen molar-refractivity contribution < 1.29 is 4.79 Å². The van der Waals surface area contributed by atoms with Crippen molar-refractivity contribution in [2.75, 3.05) is 26.2 Å². The molecule has 0 aliphatic carbocycles. The molecule has 27 heavy (non-hydrogen) atoms. The smallest absolute Gasteiger partial charge is 0.255 e. The van der Waals surface area contributed by atoms with Crippen molar-refractivity contribution in [3.63, 3.8) is 0 Å². The third-order valence-corrected chi connectivity index (χ3v) is 5.79. The summed E-state index contributed by atoms with van der Waals surface area (Å²) in [5.41, 5.74) is 2.80. The summed E-state index contributed by atoms with van der Waals surface area (Å²) in [6.07, 6.45) is 3.31. The number of amides is 1. The van der Waals surface area contributed by atoms with Gasteiger partial charge in [-0.3, -0.25) is 14.7 Å². The van der Waals surface area contributed by atoms with Crippen molar-refractivity contribution in [1.82, 2.24) is 19.8 Å². The van der Waals surface area contributed by atoms with Gasteiger partial charge < -0.3 is 4.90 Å². The van der Waals surface area contributed by atoms with Gasteiger partial charge in [-0.05, 0) is 24.3 Å². The summed E-state index contributed by atoms with van der Waals surface area (Å²) < 4.78 is 0. The molecular weight excluding hydrogens is 380 g/mol. The molecule has 1 aliphatic heterocycles. The number of hydrogen-bond donors (Lipinski definition) is 0. The van der Waals surface area contributed by atoms with E-state index in [4.69, 9.17) is 16.6 Å². The molecule has 0 radical (unpaired) electrons. The molecule has 1 saturated heterocycles. The first-order chi connectivity index (χ1) is 13.2. The minimum absolute atomic E-state index is 0.0569. The van der Waals surface area contributed by atoms with E-state index in [2.05, 4.69) is 15.3 Å². The molecule has 0 N–H and O–H groups in total. The Kier molecular flexibility index (Phi) is 5.48. The fraction of sp³-hybridized carbons (Fsp3) is 0.250. The van der Waals surface area contributed by atoms with E-state index in [9.17, 15) is 4.79 Å². The van der Waals surface area contributed by atoms with Gasteiger partial charge in [0.2, 0.25) is 0 Å². The molecule has 0 unspecified atom stereocenters. The zero-order chi connectivity index (χ0) is 18.6. The van der Waals surface area contributed by atoms with Crippen LogP contribution in [0, 0.1) is 0 Å². The molecule has 7 heteroatoms. The third kappa shape index (κ3) is 4.35. The van der Waals surface area contributed by atoms with Crippen LogP contribution in [0.3, 0.4) is 0 Å². The molecule has 0 bridgehead atoms. The van der Waals surface area contributed by atoms with E-state index in [1.54, 1.807) is 29.8 Å². The number of carbonyl (C=O) groups is 1. The quantitative estimate of drug-likeness (QED) is 0.670. The van der Waals surface area contributed by atoms with Gasteiger partial charge in [0, 0.05) is 61.1 Å². The molecule has 3 aromatic rings. The third-order valence-electron chi connectivity index (χ3n) is 4.60. The van der Waals surface area contributed by atoms with Gasteiger partial charge in [0.25, 0.3) is 5.91 Å². The predicted molar refractivity (Wildman–Crippen MR) is 108 cm³/mol. The summed E-state index contributed by atoms with van der Waals surface area (Å²) >= 11 is 7.60. The first kappa shape index (κ1) is 18.1. The van der Waals surface area contributed by atoms with Crippen LogP contribution in [0.2, 0.25) is 5.02 Å². The van der Waals surface area contributed by atoms with Crippen LogP contribution < -0.4 is 0 Å². The number of benzene rings is 1. The van der Waals surface area contributed by atoms with E-state index in [-0.39, 0.29) is 5.91 Å². The van der Waals surface area contributed by atoms with E-state index >= 15 is 0 Å². The van der Waals surface area contributed by atoms with Crippen molar-refractivity contribution in [1.29, 1.82) is 0 Å². The van der Waals surface area contributed by atoms with Gasteiger partial charge >= 0.3 is 0 Å². The second-order valence-corrected chi connectivity index (χ2v) is 7.76. The van der Waals surface area contributed by atoms with Crippen LogP contribution in [0.1, 0.15) is 16.1 Å². The molecule has 1 aromatic carbocycles. The predicted octanol–water partition coefficient (Wildman–Crippen LogP) is 3.82. The van der Waals surface area contributed by atoms with Crippen molar-refractivity contribution in [2.24, 2.45) is 0 Å². The summed E-state index contributed by atoms with van der Waals surface area (Å²) in [4.78, 5) is 25.5. The zero-order valence-electron chi connectivity index (χ0n) is 14.7. The molecule has 1 amide bonds. The monoisotopic (exact) mass is 398 g/mol. The molecular formula is C20H19ClN4OS. The van der Waals surface area contributed by atoms with Crippen LogP contribution in [-0.2, 0) is 6.54 Å². The number of aromatic nitrogens is 2. The van der Waals surface area contributed by atoms with Crippen molar-refractivity contribution in [3.05, 3.63) is 70.5 Å². The van der Waals surface area contributed by atoms with Crippen molar-refractivity contribution in [3.8, 4) is 10.6 Å². The second-order valence-electron chi connectivity index (χ2n) is 6.46. The number of halogens is 1. The lowest BCUT2D eigenvalue weighted by atomic mass is 10.2. The van der Waals surface area contributed by atoms with E-state index in [0.29, 0.717) is 5.56 Å². The van der Waals surface area contributed by atoms with Crippen LogP contribution in [0.15, 0.2) is 54.2 Å². The van der Waals surface area contributed by atoms with Crippen LogP contribution in [0.5, 0.6) is 0 Å². The normalized spacial score (nSPS) is 15.1. The number of nitrogens with zero attached hydrogens (tertiary/aromatic N) is 4. The summed E-state index contributed by atoms with van der Waals surface area (Å²) in [7, 11) is 0. The Morgan fingerprint density at radius 3 is 2.59 bits per heavy atom. The van der Waals surface area contributed by atoms with Gasteiger partial charge in [0.15, 0.2) is 0 Å². The van der Waals surface area contributed by atoms with Crippen LogP contribution in [-0.4, -0.2) is 51.9 Å². The minimum Gasteiger partial charge on any atom is -0.336 e. The molecule has 1 fully saturated rings. The topological polar surface area (TPSA) is 49.3 Å². The van der Waals surface area contributed by atoms with Crippen molar-refractivity contribution in [2.45, 2.75) is 6.54 Å². The fourth-order valence-corrected chi connectivity index (χ4v) is 4.06. The summed E-state index contributed by atoms with van der Waals surface area (Å²) in [5, 5.41) is 3.85. The lowest BCUT2D eigenvalue weighted by molar-refractivity contribution is 0.0627. The van der Waals surface area contributed by atoms with Gasteiger partial charge in [-0.1, -0.05) is 23.7 Å². The Morgan fingerprint density at radius 1 is 1.11 bits per heavy atom. The number of carbonyl (C=O) groups excluding carboxylic acids is 1. The summed E-state index contributed by atoms with van der Waals surface area (Å²) in [6, 6.07) is 11.4. The van der Waals surface area contributed by atoms with E-state index in [0.717, 1.165) is 54.0 Å². The Morgan fingerprint density at radius 2 is 1.89 bits per heavy atom. The zero-order valence-corrected chi connectivity index (χ0v) is 16.3. The minimum atomic E-state index is 0.0569. The number of rotatable bonds is 4. The fourth-order valence-electron chi connectivity index (χ4n) is 3.11. The van der Waals surface area contributed by atoms with Gasteiger partial charge in [-0.2, -0.15) is 0 Å². The van der Waals surface area contributed by atoms with Gasteiger partial charge in [0.1, 0.15) is 5.01 Å². The molecule has 1 aliphatic rings. The maximum absolute atomic E-state index is 12.5. The Bertz CT molecular complexity index is 905. The lowest BCUT2D eigenvalue weighted by Gasteiger charge is -2.34. The second kappa shape index (κ2) is 8.17. The van der Waals surface area contributed by atoms with E-state index in [1.807, 2.05) is 35.2 Å². The highest BCUT2D eigenvalue weighted by atomic mass is 35.5. The number of hydrogen-bond acceptors (Lipinski definition) is 5. The standard InChI is InChI=1S/C20H19ClN4OS/c21-17-5-3-15(4-6-17)19-23-18(14-27-19)13-24-8-10-25(11-9-24)20(26)16-2-1-7-22-12-16/h1-7,12,14H,8-11,13H2. The largest absolute Gasteiger partial charge is 0.336 e. The number of thiazole rings is 1. The molecule has 3 heterocycles. The maximum Gasteiger partial charge on any atom is 0.255 e.